The number of amidine groups is 1. The molecule has 78 valence electrons. The van der Waals surface area contributed by atoms with Crippen molar-refractivity contribution in [2.75, 3.05) is 0 Å². The van der Waals surface area contributed by atoms with E-state index in [0.717, 1.165) is 5.69 Å². The van der Waals surface area contributed by atoms with E-state index in [0.29, 0.717) is 5.84 Å². The molecule has 0 aromatic heterocycles. The highest BCUT2D eigenvalue weighted by Crippen LogP contribution is 2.18. The summed E-state index contributed by atoms with van der Waals surface area (Å²) in [5, 5.41) is 0. The van der Waals surface area contributed by atoms with Gasteiger partial charge in [0.2, 0.25) is 0 Å². The number of nitrogens with zero attached hydrogens (tertiary/aromatic N) is 1. The van der Waals surface area contributed by atoms with Crippen LogP contribution < -0.4 is 5.73 Å². The topological polar surface area (TPSA) is 38.4 Å². The molecule has 2 nitrogen and oxygen atoms in total. The van der Waals surface area contributed by atoms with Crippen LogP contribution in [-0.4, -0.2) is 5.84 Å². The van der Waals surface area contributed by atoms with Gasteiger partial charge >= 0.3 is 0 Å². The van der Waals surface area contributed by atoms with Crippen LogP contribution >= 0.6 is 0 Å². The number of nitrogens with two attached hydrogens (primary N) is 1. The molecule has 2 heteroatoms. The monoisotopic (exact) mass is 192 g/mol. The largest absolute Gasteiger partial charge is 0.387 e. The van der Waals surface area contributed by atoms with Crippen LogP contribution in [0.1, 0.15) is 31.9 Å². The predicted molar refractivity (Wildman–Crippen MR) is 64.2 cm³/mol. The van der Waals surface area contributed by atoms with E-state index in [-0.39, 0.29) is 0 Å². The average molecular weight is 192 g/mol. The molecule has 0 atom stereocenters. The van der Waals surface area contributed by atoms with Crippen molar-refractivity contribution >= 4 is 11.5 Å². The maximum absolute atomic E-state index is 5.48. The Hall–Kier alpha value is -1.31. The zero-order valence-corrected chi connectivity index (χ0v) is 9.76. The average Bonchev–Trinajstić information content (AvgIpc) is 2.13. The molecule has 0 fully saturated rings. The van der Waals surface area contributed by atoms with Crippen molar-refractivity contribution in [3.05, 3.63) is 29.3 Å². The number of benzene rings is 1. The van der Waals surface area contributed by atoms with Crippen molar-refractivity contribution in [1.82, 2.24) is 0 Å². The summed E-state index contributed by atoms with van der Waals surface area (Å²) >= 11 is 0. The molecular weight excluding hydrogens is 172 g/mol. The summed E-state index contributed by atoms with van der Waals surface area (Å²) in [6.45, 7) is 9.89. The van der Waals surface area contributed by atoms with E-state index < -0.39 is 0 Å². The summed E-state index contributed by atoms with van der Waals surface area (Å²) in [5.74, 6) is 0.599. The lowest BCUT2D eigenvalue weighted by molar-refractivity contribution is 1.33. The van der Waals surface area contributed by atoms with Crippen LogP contribution in [0.5, 0.6) is 0 Å². The van der Waals surface area contributed by atoms with Gasteiger partial charge in [-0.2, -0.15) is 0 Å². The first kappa shape index (κ1) is 12.7. The lowest BCUT2D eigenvalue weighted by Gasteiger charge is -2.01. The van der Waals surface area contributed by atoms with Gasteiger partial charge in [0.15, 0.2) is 0 Å². The summed E-state index contributed by atoms with van der Waals surface area (Å²) in [5.41, 5.74) is 8.86. The highest BCUT2D eigenvalue weighted by Gasteiger charge is 1.95. The van der Waals surface area contributed by atoms with Gasteiger partial charge in [-0.25, -0.2) is 4.99 Å². The third-order valence-electron chi connectivity index (χ3n) is 1.65. The Kier molecular flexibility index (Phi) is 5.61. The third kappa shape index (κ3) is 4.08. The molecule has 0 aliphatic carbocycles. The minimum absolute atomic E-state index is 0.599. The van der Waals surface area contributed by atoms with Crippen molar-refractivity contribution in [2.45, 2.75) is 34.6 Å². The maximum Gasteiger partial charge on any atom is 0.0965 e. The Balaban J connectivity index is 0.000000791. The highest BCUT2D eigenvalue weighted by molar-refractivity contribution is 5.81. The van der Waals surface area contributed by atoms with Crippen molar-refractivity contribution < 1.29 is 0 Å². The quantitative estimate of drug-likeness (QED) is 0.538. The molecule has 0 aliphatic heterocycles. The molecule has 0 saturated carbocycles. The Labute approximate surface area is 86.9 Å². The second-order valence-electron chi connectivity index (χ2n) is 3.04. The van der Waals surface area contributed by atoms with Gasteiger partial charge in [-0.3, -0.25) is 0 Å². The molecule has 0 radical (unpaired) electrons. The van der Waals surface area contributed by atoms with Gasteiger partial charge in [0, 0.05) is 0 Å². The molecule has 0 amide bonds. The summed E-state index contributed by atoms with van der Waals surface area (Å²) in [4.78, 5) is 4.19. The molecule has 0 bridgehead atoms. The summed E-state index contributed by atoms with van der Waals surface area (Å²) < 4.78 is 0. The van der Waals surface area contributed by atoms with Crippen molar-refractivity contribution in [1.29, 1.82) is 0 Å². The molecule has 1 aromatic carbocycles. The van der Waals surface area contributed by atoms with Crippen LogP contribution in [0, 0.1) is 13.8 Å². The van der Waals surface area contributed by atoms with E-state index in [4.69, 9.17) is 5.73 Å². The molecular formula is C12H20N2. The van der Waals surface area contributed by atoms with Crippen molar-refractivity contribution in [2.24, 2.45) is 10.7 Å². The first-order valence-corrected chi connectivity index (χ1v) is 4.97. The molecule has 1 aromatic rings. The minimum Gasteiger partial charge on any atom is -0.387 e. The number of aryl methyl sites for hydroxylation is 2. The highest BCUT2D eigenvalue weighted by atomic mass is 14.8. The Morgan fingerprint density at radius 3 is 2.21 bits per heavy atom. The lowest BCUT2D eigenvalue weighted by atomic mass is 10.1. The van der Waals surface area contributed by atoms with Gasteiger partial charge in [-0.05, 0) is 32.4 Å². The zero-order valence-electron chi connectivity index (χ0n) is 9.76. The fourth-order valence-electron chi connectivity index (χ4n) is 1.12. The second kappa shape index (κ2) is 6.19. The standard InChI is InChI=1S/C10H14N2.C2H6/c1-7-4-5-10(8(2)6-7)12-9(3)11;1-2/h4-6H,1-3H3,(H2,11,12);1-2H3. The van der Waals surface area contributed by atoms with E-state index >= 15 is 0 Å². The number of hydrogen-bond acceptors (Lipinski definition) is 1. The summed E-state index contributed by atoms with van der Waals surface area (Å²) in [6, 6.07) is 6.12. The minimum atomic E-state index is 0.599. The van der Waals surface area contributed by atoms with Gasteiger partial charge < -0.3 is 5.73 Å². The van der Waals surface area contributed by atoms with Gasteiger partial charge in [-0.1, -0.05) is 31.5 Å². The normalized spacial score (nSPS) is 10.5. The zero-order chi connectivity index (χ0) is 11.1. The van der Waals surface area contributed by atoms with Gasteiger partial charge in [-0.15, -0.1) is 0 Å². The Morgan fingerprint density at radius 2 is 1.79 bits per heavy atom. The molecule has 0 heterocycles. The van der Waals surface area contributed by atoms with Crippen LogP contribution in [-0.2, 0) is 0 Å². The van der Waals surface area contributed by atoms with E-state index in [1.807, 2.05) is 32.9 Å². The smallest absolute Gasteiger partial charge is 0.0965 e. The van der Waals surface area contributed by atoms with Crippen LogP contribution in [0.4, 0.5) is 5.69 Å². The summed E-state index contributed by atoms with van der Waals surface area (Å²) in [7, 11) is 0. The Bertz CT molecular complexity index is 310. The molecule has 2 N–H and O–H groups in total. The fourth-order valence-corrected chi connectivity index (χ4v) is 1.12. The van der Waals surface area contributed by atoms with Crippen molar-refractivity contribution in [3.63, 3.8) is 0 Å². The van der Waals surface area contributed by atoms with E-state index in [2.05, 4.69) is 18.0 Å². The molecule has 0 aliphatic rings. The number of hydrogen-bond donors (Lipinski definition) is 1. The SMILES string of the molecule is CC.CC(N)=Nc1ccc(C)cc1C. The van der Waals surface area contributed by atoms with E-state index in [1.54, 1.807) is 6.92 Å². The second-order valence-corrected chi connectivity index (χ2v) is 3.04. The predicted octanol–water partition coefficient (Wildman–Crippen LogP) is 3.34. The van der Waals surface area contributed by atoms with Gasteiger partial charge in [0.1, 0.15) is 0 Å². The first-order valence-electron chi connectivity index (χ1n) is 4.97. The maximum atomic E-state index is 5.48. The fraction of sp³-hybridized carbons (Fsp3) is 0.417. The number of rotatable bonds is 1. The van der Waals surface area contributed by atoms with Crippen molar-refractivity contribution in [3.8, 4) is 0 Å². The van der Waals surface area contributed by atoms with Crippen LogP contribution in [0.2, 0.25) is 0 Å². The van der Waals surface area contributed by atoms with Crippen LogP contribution in [0.3, 0.4) is 0 Å². The molecule has 0 saturated heterocycles. The summed E-state index contributed by atoms with van der Waals surface area (Å²) in [6.07, 6.45) is 0. The van der Waals surface area contributed by atoms with E-state index in [9.17, 15) is 0 Å². The first-order chi connectivity index (χ1) is 6.59. The molecule has 0 unspecified atom stereocenters. The van der Waals surface area contributed by atoms with E-state index in [1.165, 1.54) is 11.1 Å². The molecule has 0 spiro atoms. The van der Waals surface area contributed by atoms with Crippen LogP contribution in [0.15, 0.2) is 23.2 Å². The Morgan fingerprint density at radius 1 is 1.21 bits per heavy atom. The van der Waals surface area contributed by atoms with Crippen LogP contribution in [0.25, 0.3) is 0 Å². The molecule has 1 rings (SSSR count). The lowest BCUT2D eigenvalue weighted by Crippen LogP contribution is -2.04. The third-order valence-corrected chi connectivity index (χ3v) is 1.65. The molecule has 14 heavy (non-hydrogen) atoms. The van der Waals surface area contributed by atoms with Gasteiger partial charge in [0.05, 0.1) is 11.5 Å². The van der Waals surface area contributed by atoms with Gasteiger partial charge in [0.25, 0.3) is 0 Å². The number of aliphatic imine (C=N–C) groups is 1.